The summed E-state index contributed by atoms with van der Waals surface area (Å²) in [6.45, 7) is 7.23. The topological polar surface area (TPSA) is 72.5 Å². The summed E-state index contributed by atoms with van der Waals surface area (Å²) in [5.74, 6) is -2.48. The van der Waals surface area contributed by atoms with Gasteiger partial charge in [0.1, 0.15) is 11.5 Å². The predicted molar refractivity (Wildman–Crippen MR) is 65.5 cm³/mol. The Morgan fingerprint density at radius 2 is 2.00 bits per heavy atom. The molecule has 0 bridgehead atoms. The number of carbonyl (C=O) groups is 3. The van der Waals surface area contributed by atoms with Crippen molar-refractivity contribution in [1.82, 2.24) is 5.32 Å². The molecule has 1 aliphatic heterocycles. The minimum Gasteiger partial charge on any atom is -0.459 e. The first-order valence-corrected chi connectivity index (χ1v) is 6.31. The van der Waals surface area contributed by atoms with Crippen molar-refractivity contribution in [2.75, 3.05) is 0 Å². The van der Waals surface area contributed by atoms with E-state index in [1.807, 2.05) is 6.92 Å². The van der Waals surface area contributed by atoms with Crippen LogP contribution in [-0.4, -0.2) is 23.4 Å². The summed E-state index contributed by atoms with van der Waals surface area (Å²) < 4.78 is 5.25. The molecule has 5 nitrogen and oxygen atoms in total. The molecular formula is C13H21NO4. The third-order valence-corrected chi connectivity index (χ3v) is 2.78. The molecule has 0 spiro atoms. The molecule has 18 heavy (non-hydrogen) atoms. The van der Waals surface area contributed by atoms with Gasteiger partial charge in [0.25, 0.3) is 0 Å². The summed E-state index contributed by atoms with van der Waals surface area (Å²) in [6, 6.07) is 0. The van der Waals surface area contributed by atoms with E-state index in [0.717, 1.165) is 6.42 Å². The molecule has 102 valence electrons. The molecule has 5 heteroatoms. The Morgan fingerprint density at radius 3 is 2.50 bits per heavy atom. The number of amides is 2. The predicted octanol–water partition coefficient (Wildman–Crippen LogP) is 1.41. The van der Waals surface area contributed by atoms with Crippen LogP contribution < -0.4 is 5.32 Å². The monoisotopic (exact) mass is 255 g/mol. The highest BCUT2D eigenvalue weighted by Crippen LogP contribution is 2.28. The highest BCUT2D eigenvalue weighted by Gasteiger charge is 2.42. The molecule has 0 unspecified atom stereocenters. The number of ether oxygens (including phenoxy) is 1. The van der Waals surface area contributed by atoms with E-state index in [-0.39, 0.29) is 18.2 Å². The highest BCUT2D eigenvalue weighted by molar-refractivity contribution is 6.07. The van der Waals surface area contributed by atoms with Gasteiger partial charge in [0.2, 0.25) is 11.8 Å². The fourth-order valence-electron chi connectivity index (χ4n) is 2.14. The van der Waals surface area contributed by atoms with Gasteiger partial charge in [-0.25, -0.2) is 0 Å². The van der Waals surface area contributed by atoms with Crippen molar-refractivity contribution in [3.63, 3.8) is 0 Å². The van der Waals surface area contributed by atoms with E-state index in [1.54, 1.807) is 20.8 Å². The molecule has 0 aromatic heterocycles. The minimum absolute atomic E-state index is 0.212. The molecule has 1 aliphatic rings. The lowest BCUT2D eigenvalue weighted by Crippen LogP contribution is -2.50. The van der Waals surface area contributed by atoms with E-state index in [9.17, 15) is 14.4 Å². The van der Waals surface area contributed by atoms with Gasteiger partial charge in [-0.05, 0) is 33.1 Å². The van der Waals surface area contributed by atoms with Crippen LogP contribution in [0.2, 0.25) is 0 Å². The summed E-state index contributed by atoms with van der Waals surface area (Å²) in [7, 11) is 0. The second-order valence-corrected chi connectivity index (χ2v) is 5.68. The molecular weight excluding hydrogens is 234 g/mol. The summed E-state index contributed by atoms with van der Waals surface area (Å²) in [5.41, 5.74) is -0.629. The highest BCUT2D eigenvalue weighted by atomic mass is 16.6. The van der Waals surface area contributed by atoms with Gasteiger partial charge in [-0.2, -0.15) is 0 Å². The molecule has 2 atom stereocenters. The molecule has 1 fully saturated rings. The Morgan fingerprint density at radius 1 is 1.39 bits per heavy atom. The van der Waals surface area contributed by atoms with Crippen molar-refractivity contribution in [3.05, 3.63) is 0 Å². The van der Waals surface area contributed by atoms with Crippen molar-refractivity contribution < 1.29 is 19.1 Å². The minimum atomic E-state index is -0.859. The standard InChI is InChI=1S/C13H21NO4/c1-5-6-8-7-9(15)14-11(16)10(8)12(17)18-13(2,3)4/h8,10H,5-7H2,1-4H3,(H,14,15,16)/t8-,10-/m0/s1. The van der Waals surface area contributed by atoms with Gasteiger partial charge in [-0.15, -0.1) is 0 Å². The van der Waals surface area contributed by atoms with Crippen LogP contribution in [0.1, 0.15) is 47.0 Å². The fourth-order valence-corrected chi connectivity index (χ4v) is 2.14. The van der Waals surface area contributed by atoms with Crippen LogP contribution in [0.15, 0.2) is 0 Å². The van der Waals surface area contributed by atoms with Crippen molar-refractivity contribution in [2.45, 2.75) is 52.6 Å². The molecule has 1 heterocycles. The third-order valence-electron chi connectivity index (χ3n) is 2.78. The Kier molecular flexibility index (Phi) is 4.48. The van der Waals surface area contributed by atoms with Gasteiger partial charge in [0.05, 0.1) is 0 Å². The van der Waals surface area contributed by atoms with Gasteiger partial charge < -0.3 is 4.74 Å². The Labute approximate surface area is 107 Å². The summed E-state index contributed by atoms with van der Waals surface area (Å²) in [4.78, 5) is 35.1. The van der Waals surface area contributed by atoms with Crippen LogP contribution in [0.4, 0.5) is 0 Å². The van der Waals surface area contributed by atoms with Crippen LogP contribution >= 0.6 is 0 Å². The van der Waals surface area contributed by atoms with Crippen molar-refractivity contribution in [1.29, 1.82) is 0 Å². The fraction of sp³-hybridized carbons (Fsp3) is 0.769. The molecule has 0 aliphatic carbocycles. The van der Waals surface area contributed by atoms with E-state index < -0.39 is 23.4 Å². The molecule has 0 saturated carbocycles. The molecule has 1 rings (SSSR count). The first-order chi connectivity index (χ1) is 8.24. The number of carbonyl (C=O) groups excluding carboxylic acids is 3. The number of nitrogens with one attached hydrogen (secondary N) is 1. The molecule has 1 saturated heterocycles. The van der Waals surface area contributed by atoms with Gasteiger partial charge in [-0.1, -0.05) is 13.3 Å². The summed E-state index contributed by atoms with van der Waals surface area (Å²) >= 11 is 0. The second kappa shape index (κ2) is 5.50. The first kappa shape index (κ1) is 14.7. The quantitative estimate of drug-likeness (QED) is 0.470. The van der Waals surface area contributed by atoms with E-state index in [4.69, 9.17) is 4.74 Å². The number of rotatable bonds is 3. The van der Waals surface area contributed by atoms with E-state index in [0.29, 0.717) is 6.42 Å². The number of imide groups is 1. The van der Waals surface area contributed by atoms with Crippen LogP contribution in [0.5, 0.6) is 0 Å². The van der Waals surface area contributed by atoms with Gasteiger partial charge in [-0.3, -0.25) is 19.7 Å². The summed E-state index contributed by atoms with van der Waals surface area (Å²) in [5, 5.41) is 2.21. The SMILES string of the molecule is CCC[C@H]1CC(=O)NC(=O)[C@H]1C(=O)OC(C)(C)C. The molecule has 0 aromatic carbocycles. The van der Waals surface area contributed by atoms with E-state index in [1.165, 1.54) is 0 Å². The Bertz CT molecular complexity index is 356. The third kappa shape index (κ3) is 3.82. The zero-order valence-corrected chi connectivity index (χ0v) is 11.4. The maximum absolute atomic E-state index is 12.0. The Balaban J connectivity index is 2.84. The van der Waals surface area contributed by atoms with E-state index >= 15 is 0 Å². The van der Waals surface area contributed by atoms with Gasteiger partial charge in [0, 0.05) is 6.42 Å². The van der Waals surface area contributed by atoms with Gasteiger partial charge >= 0.3 is 5.97 Å². The second-order valence-electron chi connectivity index (χ2n) is 5.68. The summed E-state index contributed by atoms with van der Waals surface area (Å²) in [6.07, 6.45) is 1.71. The van der Waals surface area contributed by atoms with Crippen LogP contribution in [0.3, 0.4) is 0 Å². The van der Waals surface area contributed by atoms with Crippen molar-refractivity contribution in [3.8, 4) is 0 Å². The maximum Gasteiger partial charge on any atom is 0.319 e. The smallest absolute Gasteiger partial charge is 0.319 e. The zero-order valence-electron chi connectivity index (χ0n) is 11.4. The lowest BCUT2D eigenvalue weighted by atomic mass is 9.82. The molecule has 0 radical (unpaired) electrons. The first-order valence-electron chi connectivity index (χ1n) is 6.31. The maximum atomic E-state index is 12.0. The lowest BCUT2D eigenvalue weighted by Gasteiger charge is -2.30. The zero-order chi connectivity index (χ0) is 13.9. The molecule has 1 N–H and O–H groups in total. The van der Waals surface area contributed by atoms with Gasteiger partial charge in [0.15, 0.2) is 0 Å². The van der Waals surface area contributed by atoms with Crippen LogP contribution in [-0.2, 0) is 19.1 Å². The average Bonchev–Trinajstić information content (AvgIpc) is 2.13. The average molecular weight is 255 g/mol. The normalized spacial score (nSPS) is 24.7. The molecule has 2 amide bonds. The van der Waals surface area contributed by atoms with E-state index in [2.05, 4.69) is 5.32 Å². The largest absolute Gasteiger partial charge is 0.459 e. The number of hydrogen-bond acceptors (Lipinski definition) is 4. The number of hydrogen-bond donors (Lipinski definition) is 1. The molecule has 0 aromatic rings. The number of piperidine rings is 1. The van der Waals surface area contributed by atoms with Crippen LogP contribution in [0, 0.1) is 11.8 Å². The van der Waals surface area contributed by atoms with Crippen LogP contribution in [0.25, 0.3) is 0 Å². The van der Waals surface area contributed by atoms with Crippen molar-refractivity contribution >= 4 is 17.8 Å². The lowest BCUT2D eigenvalue weighted by molar-refractivity contribution is -0.166. The number of esters is 1. The Hall–Kier alpha value is -1.39. The van der Waals surface area contributed by atoms with Crippen molar-refractivity contribution in [2.24, 2.45) is 11.8 Å².